The van der Waals surface area contributed by atoms with Crippen LogP contribution in [0.25, 0.3) is 0 Å². The molecular weight excluding hydrogens is 298 g/mol. The third kappa shape index (κ3) is 6.18. The highest BCUT2D eigenvalue weighted by atomic mass is 32.2. The Morgan fingerprint density at radius 1 is 1.40 bits per heavy atom. The third-order valence-corrected chi connectivity index (χ3v) is 3.34. The van der Waals surface area contributed by atoms with E-state index in [1.54, 1.807) is 24.3 Å². The maximum Gasteiger partial charge on any atom is 0.299 e. The molecule has 0 unspecified atom stereocenters. The molecule has 0 amide bonds. The summed E-state index contributed by atoms with van der Waals surface area (Å²) in [6.07, 6.45) is 0. The van der Waals surface area contributed by atoms with Crippen LogP contribution in [0.15, 0.2) is 24.3 Å². The quantitative estimate of drug-likeness (QED) is 0.628. The number of rotatable bonds is 8. The number of nitrogens with two attached hydrogens (primary N) is 1. The van der Waals surface area contributed by atoms with E-state index in [-0.39, 0.29) is 17.5 Å². The van der Waals surface area contributed by atoms with Crippen molar-refractivity contribution in [1.29, 1.82) is 0 Å². The molecule has 0 saturated heterocycles. The molecule has 1 aromatic rings. The van der Waals surface area contributed by atoms with Gasteiger partial charge in [-0.25, -0.2) is 0 Å². The summed E-state index contributed by atoms with van der Waals surface area (Å²) in [5, 5.41) is 0. The SMILES string of the molecule is CC(C)CNS(=O)(=O)Nc1ccccc1OCC(N)=S. The summed E-state index contributed by atoms with van der Waals surface area (Å²) in [6, 6.07) is 6.67. The van der Waals surface area contributed by atoms with E-state index in [1.807, 2.05) is 13.8 Å². The van der Waals surface area contributed by atoms with Crippen LogP contribution in [-0.2, 0) is 10.2 Å². The van der Waals surface area contributed by atoms with Crippen LogP contribution < -0.4 is 19.9 Å². The van der Waals surface area contributed by atoms with Gasteiger partial charge in [0.25, 0.3) is 10.2 Å². The van der Waals surface area contributed by atoms with Crippen molar-refractivity contribution in [1.82, 2.24) is 4.72 Å². The van der Waals surface area contributed by atoms with Gasteiger partial charge in [0.15, 0.2) is 0 Å². The lowest BCUT2D eigenvalue weighted by Crippen LogP contribution is -2.33. The zero-order valence-corrected chi connectivity index (χ0v) is 13.1. The summed E-state index contributed by atoms with van der Waals surface area (Å²) < 4.78 is 34.0. The Balaban J connectivity index is 2.78. The molecule has 8 heteroatoms. The summed E-state index contributed by atoms with van der Waals surface area (Å²) in [6.45, 7) is 4.24. The minimum Gasteiger partial charge on any atom is -0.484 e. The average molecular weight is 317 g/mol. The molecule has 0 bridgehead atoms. The largest absolute Gasteiger partial charge is 0.484 e. The molecule has 0 aromatic heterocycles. The fraction of sp³-hybridized carbons (Fsp3) is 0.417. The van der Waals surface area contributed by atoms with Crippen LogP contribution in [0.3, 0.4) is 0 Å². The fourth-order valence-corrected chi connectivity index (χ4v) is 2.42. The highest BCUT2D eigenvalue weighted by Crippen LogP contribution is 2.24. The van der Waals surface area contributed by atoms with E-state index < -0.39 is 10.2 Å². The standard InChI is InChI=1S/C12H19N3O3S2/c1-9(2)7-14-20(16,17)15-10-5-3-4-6-11(10)18-8-12(13)19/h3-6,9,14-15H,7-8H2,1-2H3,(H2,13,19). The molecule has 0 aliphatic rings. The molecule has 0 atom stereocenters. The van der Waals surface area contributed by atoms with Crippen molar-refractivity contribution in [3.8, 4) is 5.75 Å². The van der Waals surface area contributed by atoms with Crippen LogP contribution in [0, 0.1) is 5.92 Å². The van der Waals surface area contributed by atoms with Gasteiger partial charge in [0.2, 0.25) is 0 Å². The smallest absolute Gasteiger partial charge is 0.299 e. The molecule has 0 aliphatic heterocycles. The molecule has 0 fully saturated rings. The predicted octanol–water partition coefficient (Wildman–Crippen LogP) is 1.25. The van der Waals surface area contributed by atoms with E-state index in [0.29, 0.717) is 18.0 Å². The van der Waals surface area contributed by atoms with Crippen molar-refractivity contribution in [2.45, 2.75) is 13.8 Å². The molecule has 0 saturated carbocycles. The number of nitrogens with one attached hydrogen (secondary N) is 2. The van der Waals surface area contributed by atoms with Gasteiger partial charge < -0.3 is 10.5 Å². The van der Waals surface area contributed by atoms with E-state index in [2.05, 4.69) is 9.44 Å². The second kappa shape index (κ2) is 7.41. The minimum absolute atomic E-state index is 0.0491. The highest BCUT2D eigenvalue weighted by Gasteiger charge is 2.13. The Hall–Kier alpha value is -1.38. The second-order valence-corrected chi connectivity index (χ2v) is 6.62. The van der Waals surface area contributed by atoms with Crippen molar-refractivity contribution in [2.75, 3.05) is 17.9 Å². The zero-order chi connectivity index (χ0) is 15.2. The number of thiocarbonyl (C=S) groups is 1. The van der Waals surface area contributed by atoms with Crippen molar-refractivity contribution >= 4 is 33.1 Å². The number of hydrogen-bond acceptors (Lipinski definition) is 4. The van der Waals surface area contributed by atoms with Crippen molar-refractivity contribution in [3.63, 3.8) is 0 Å². The van der Waals surface area contributed by atoms with Gasteiger partial charge in [-0.05, 0) is 18.1 Å². The van der Waals surface area contributed by atoms with E-state index in [4.69, 9.17) is 22.7 Å². The number of hydrogen-bond donors (Lipinski definition) is 3. The highest BCUT2D eigenvalue weighted by molar-refractivity contribution is 7.90. The predicted molar refractivity (Wildman–Crippen MR) is 84.1 cm³/mol. The normalized spacial score (nSPS) is 11.3. The lowest BCUT2D eigenvalue weighted by molar-refractivity contribution is 0.379. The Bertz CT molecular complexity index is 559. The van der Waals surface area contributed by atoms with Crippen LogP contribution in [0.1, 0.15) is 13.8 Å². The Morgan fingerprint density at radius 2 is 2.05 bits per heavy atom. The van der Waals surface area contributed by atoms with Crippen LogP contribution in [0.5, 0.6) is 5.75 Å². The molecule has 4 N–H and O–H groups in total. The Morgan fingerprint density at radius 3 is 2.65 bits per heavy atom. The molecule has 1 aromatic carbocycles. The summed E-state index contributed by atoms with van der Waals surface area (Å²) in [7, 11) is -3.63. The first-order valence-corrected chi connectivity index (χ1v) is 7.97. The van der Waals surface area contributed by atoms with Crippen LogP contribution in [-0.4, -0.2) is 26.6 Å². The maximum atomic E-state index is 11.9. The van der Waals surface area contributed by atoms with Gasteiger partial charge in [-0.2, -0.15) is 13.1 Å². The lowest BCUT2D eigenvalue weighted by Gasteiger charge is -2.14. The first kappa shape index (κ1) is 16.7. The van der Waals surface area contributed by atoms with E-state index in [1.165, 1.54) is 0 Å². The first-order chi connectivity index (χ1) is 9.30. The molecule has 1 rings (SSSR count). The van der Waals surface area contributed by atoms with Gasteiger partial charge in [-0.3, -0.25) is 4.72 Å². The maximum absolute atomic E-state index is 11.9. The van der Waals surface area contributed by atoms with Crippen molar-refractivity contribution in [2.24, 2.45) is 11.7 Å². The molecular formula is C12H19N3O3S2. The number of anilines is 1. The van der Waals surface area contributed by atoms with Crippen molar-refractivity contribution in [3.05, 3.63) is 24.3 Å². The molecule has 0 spiro atoms. The molecule has 0 radical (unpaired) electrons. The van der Waals surface area contributed by atoms with Crippen molar-refractivity contribution < 1.29 is 13.2 Å². The van der Waals surface area contributed by atoms with Gasteiger partial charge in [0.1, 0.15) is 17.3 Å². The Kier molecular flexibility index (Phi) is 6.18. The van der Waals surface area contributed by atoms with E-state index in [0.717, 1.165) is 0 Å². The minimum atomic E-state index is -3.63. The van der Waals surface area contributed by atoms with Gasteiger partial charge in [0.05, 0.1) is 5.69 Å². The summed E-state index contributed by atoms with van der Waals surface area (Å²) in [5.74, 6) is 0.586. The van der Waals surface area contributed by atoms with E-state index >= 15 is 0 Å². The average Bonchev–Trinajstić information content (AvgIpc) is 2.35. The molecule has 6 nitrogen and oxygen atoms in total. The summed E-state index contributed by atoms with van der Waals surface area (Å²) >= 11 is 4.72. The Labute approximate surface area is 124 Å². The molecule has 112 valence electrons. The second-order valence-electron chi connectivity index (χ2n) is 4.60. The van der Waals surface area contributed by atoms with E-state index in [9.17, 15) is 8.42 Å². The van der Waals surface area contributed by atoms with Gasteiger partial charge in [-0.1, -0.05) is 38.2 Å². The van der Waals surface area contributed by atoms with Crippen LogP contribution in [0.4, 0.5) is 5.69 Å². The number of benzene rings is 1. The monoisotopic (exact) mass is 317 g/mol. The molecule has 0 aliphatic carbocycles. The summed E-state index contributed by atoms with van der Waals surface area (Å²) in [5.41, 5.74) is 5.69. The number of para-hydroxylation sites is 2. The summed E-state index contributed by atoms with van der Waals surface area (Å²) in [4.78, 5) is 0.195. The zero-order valence-electron chi connectivity index (χ0n) is 11.4. The molecule has 0 heterocycles. The topological polar surface area (TPSA) is 93.5 Å². The van der Waals surface area contributed by atoms with Gasteiger partial charge >= 0.3 is 0 Å². The van der Waals surface area contributed by atoms with Gasteiger partial charge in [0, 0.05) is 6.54 Å². The lowest BCUT2D eigenvalue weighted by atomic mass is 10.2. The van der Waals surface area contributed by atoms with Gasteiger partial charge in [-0.15, -0.1) is 0 Å². The number of ether oxygens (including phenoxy) is 1. The van der Waals surface area contributed by atoms with Crippen LogP contribution >= 0.6 is 12.2 Å². The first-order valence-electron chi connectivity index (χ1n) is 6.07. The third-order valence-electron chi connectivity index (χ3n) is 2.18. The van der Waals surface area contributed by atoms with Crippen LogP contribution in [0.2, 0.25) is 0 Å². The fourth-order valence-electron chi connectivity index (χ4n) is 1.28. The molecule has 20 heavy (non-hydrogen) atoms.